The van der Waals surface area contributed by atoms with E-state index >= 15 is 0 Å². The van der Waals surface area contributed by atoms with Crippen molar-refractivity contribution in [3.63, 3.8) is 0 Å². The topological polar surface area (TPSA) is 64.1 Å². The Morgan fingerprint density at radius 2 is 2.50 bits per heavy atom. The van der Waals surface area contributed by atoms with Crippen LogP contribution >= 0.6 is 0 Å². The van der Waals surface area contributed by atoms with Crippen LogP contribution in [0.4, 0.5) is 5.82 Å². The van der Waals surface area contributed by atoms with E-state index in [0.29, 0.717) is 25.4 Å². The highest BCUT2D eigenvalue weighted by atomic mass is 16.5. The Morgan fingerprint density at radius 1 is 1.64 bits per heavy atom. The predicted octanol–water partition coefficient (Wildman–Crippen LogP) is 0.842. The number of carbonyl (C=O) groups is 1. The molecule has 1 N–H and O–H groups in total. The second-order valence-corrected chi connectivity index (χ2v) is 2.58. The molecule has 5 heteroatoms. The lowest BCUT2D eigenvalue weighted by molar-refractivity contribution is -0.142. The molecule has 0 unspecified atom stereocenters. The molecule has 1 rings (SSSR count). The molecule has 0 spiro atoms. The van der Waals surface area contributed by atoms with Crippen LogP contribution in [0, 0.1) is 0 Å². The summed E-state index contributed by atoms with van der Waals surface area (Å²) in [6.07, 6.45) is 3.43. The monoisotopic (exact) mass is 195 g/mol. The SMILES string of the molecule is CCOC(=O)CCNc1ccncn1. The van der Waals surface area contributed by atoms with Crippen molar-refractivity contribution in [1.82, 2.24) is 9.97 Å². The van der Waals surface area contributed by atoms with Crippen molar-refractivity contribution < 1.29 is 9.53 Å². The van der Waals surface area contributed by atoms with E-state index in [-0.39, 0.29) is 5.97 Å². The first-order chi connectivity index (χ1) is 6.83. The van der Waals surface area contributed by atoms with Gasteiger partial charge in [-0.15, -0.1) is 0 Å². The van der Waals surface area contributed by atoms with Gasteiger partial charge < -0.3 is 10.1 Å². The van der Waals surface area contributed by atoms with E-state index < -0.39 is 0 Å². The van der Waals surface area contributed by atoms with E-state index in [0.717, 1.165) is 0 Å². The fraction of sp³-hybridized carbons (Fsp3) is 0.444. The molecular formula is C9H13N3O2. The molecule has 0 saturated carbocycles. The molecule has 0 bridgehead atoms. The maximum Gasteiger partial charge on any atom is 0.307 e. The average Bonchev–Trinajstić information content (AvgIpc) is 2.20. The molecule has 0 radical (unpaired) electrons. The van der Waals surface area contributed by atoms with E-state index in [1.54, 1.807) is 19.2 Å². The zero-order valence-corrected chi connectivity index (χ0v) is 8.06. The van der Waals surface area contributed by atoms with Gasteiger partial charge in [0, 0.05) is 12.7 Å². The Labute approximate surface area is 82.5 Å². The zero-order chi connectivity index (χ0) is 10.2. The van der Waals surface area contributed by atoms with Crippen molar-refractivity contribution in [1.29, 1.82) is 0 Å². The summed E-state index contributed by atoms with van der Waals surface area (Å²) < 4.78 is 4.77. The molecule has 1 aromatic rings. The van der Waals surface area contributed by atoms with E-state index in [9.17, 15) is 4.79 Å². The van der Waals surface area contributed by atoms with Crippen molar-refractivity contribution in [2.45, 2.75) is 13.3 Å². The van der Waals surface area contributed by atoms with Gasteiger partial charge in [-0.05, 0) is 13.0 Å². The number of hydrogen-bond donors (Lipinski definition) is 1. The number of carbonyl (C=O) groups excluding carboxylic acids is 1. The predicted molar refractivity (Wildman–Crippen MR) is 51.8 cm³/mol. The van der Waals surface area contributed by atoms with Gasteiger partial charge in [-0.25, -0.2) is 9.97 Å². The van der Waals surface area contributed by atoms with Crippen molar-refractivity contribution in [2.24, 2.45) is 0 Å². The molecule has 1 aromatic heterocycles. The van der Waals surface area contributed by atoms with Gasteiger partial charge in [0.15, 0.2) is 0 Å². The third-order valence-electron chi connectivity index (χ3n) is 1.52. The van der Waals surface area contributed by atoms with Crippen molar-refractivity contribution in [3.05, 3.63) is 18.6 Å². The maximum atomic E-state index is 10.9. The van der Waals surface area contributed by atoms with E-state index in [1.807, 2.05) is 0 Å². The molecule has 0 aliphatic rings. The number of esters is 1. The van der Waals surface area contributed by atoms with E-state index in [2.05, 4.69) is 15.3 Å². The molecule has 1 heterocycles. The van der Waals surface area contributed by atoms with Gasteiger partial charge in [-0.1, -0.05) is 0 Å². The molecular weight excluding hydrogens is 182 g/mol. The standard InChI is InChI=1S/C9H13N3O2/c1-2-14-9(13)4-6-11-8-3-5-10-7-12-8/h3,5,7H,2,4,6H2,1H3,(H,10,11,12). The average molecular weight is 195 g/mol. The Balaban J connectivity index is 2.19. The van der Waals surface area contributed by atoms with E-state index in [4.69, 9.17) is 4.74 Å². The maximum absolute atomic E-state index is 10.9. The van der Waals surface area contributed by atoms with Gasteiger partial charge >= 0.3 is 5.97 Å². The minimum atomic E-state index is -0.200. The Kier molecular flexibility index (Phi) is 4.40. The lowest BCUT2D eigenvalue weighted by Gasteiger charge is -2.04. The lowest BCUT2D eigenvalue weighted by atomic mass is 10.4. The van der Waals surface area contributed by atoms with Crippen LogP contribution in [0.3, 0.4) is 0 Å². The van der Waals surface area contributed by atoms with Crippen LogP contribution in [-0.4, -0.2) is 29.1 Å². The first-order valence-electron chi connectivity index (χ1n) is 4.48. The molecule has 0 atom stereocenters. The van der Waals surface area contributed by atoms with Gasteiger partial charge in [-0.2, -0.15) is 0 Å². The number of rotatable bonds is 5. The molecule has 14 heavy (non-hydrogen) atoms. The van der Waals surface area contributed by atoms with Gasteiger partial charge in [0.05, 0.1) is 13.0 Å². The minimum absolute atomic E-state index is 0.200. The Bertz CT molecular complexity index is 277. The number of aromatic nitrogens is 2. The number of nitrogens with one attached hydrogen (secondary N) is 1. The van der Waals surface area contributed by atoms with Gasteiger partial charge in [0.25, 0.3) is 0 Å². The third kappa shape index (κ3) is 3.84. The highest BCUT2D eigenvalue weighted by molar-refractivity contribution is 5.69. The smallest absolute Gasteiger partial charge is 0.307 e. The molecule has 0 saturated heterocycles. The molecule has 76 valence electrons. The van der Waals surface area contributed by atoms with Gasteiger partial charge in [-0.3, -0.25) is 4.79 Å². The summed E-state index contributed by atoms with van der Waals surface area (Å²) in [7, 11) is 0. The van der Waals surface area contributed by atoms with Crippen LogP contribution in [0.5, 0.6) is 0 Å². The van der Waals surface area contributed by atoms with Crippen LogP contribution in [0.25, 0.3) is 0 Å². The molecule has 0 amide bonds. The lowest BCUT2D eigenvalue weighted by Crippen LogP contribution is -2.11. The molecule has 0 aliphatic carbocycles. The Hall–Kier alpha value is -1.65. The van der Waals surface area contributed by atoms with E-state index in [1.165, 1.54) is 6.33 Å². The van der Waals surface area contributed by atoms with Gasteiger partial charge in [0.2, 0.25) is 0 Å². The first kappa shape index (κ1) is 10.4. The first-order valence-corrected chi connectivity index (χ1v) is 4.48. The summed E-state index contributed by atoms with van der Waals surface area (Å²) in [6, 6.07) is 1.74. The number of anilines is 1. The van der Waals surface area contributed by atoms with Crippen LogP contribution in [0.1, 0.15) is 13.3 Å². The summed E-state index contributed by atoms with van der Waals surface area (Å²) in [5.41, 5.74) is 0. The number of hydrogen-bond acceptors (Lipinski definition) is 5. The van der Waals surface area contributed by atoms with Crippen LogP contribution in [0.2, 0.25) is 0 Å². The van der Waals surface area contributed by atoms with Crippen LogP contribution < -0.4 is 5.32 Å². The highest BCUT2D eigenvalue weighted by Gasteiger charge is 2.00. The molecule has 0 aromatic carbocycles. The summed E-state index contributed by atoms with van der Waals surface area (Å²) in [5.74, 6) is 0.512. The zero-order valence-electron chi connectivity index (χ0n) is 8.06. The number of ether oxygens (including phenoxy) is 1. The Morgan fingerprint density at radius 3 is 3.14 bits per heavy atom. The van der Waals surface area contributed by atoms with Crippen molar-refractivity contribution in [3.8, 4) is 0 Å². The summed E-state index contributed by atoms with van der Waals surface area (Å²) in [6.45, 7) is 2.73. The second-order valence-electron chi connectivity index (χ2n) is 2.58. The van der Waals surface area contributed by atoms with Crippen molar-refractivity contribution in [2.75, 3.05) is 18.5 Å². The number of nitrogens with zero attached hydrogens (tertiary/aromatic N) is 2. The van der Waals surface area contributed by atoms with Crippen LogP contribution in [0.15, 0.2) is 18.6 Å². The molecule has 0 aliphatic heterocycles. The fourth-order valence-electron chi connectivity index (χ4n) is 0.921. The summed E-state index contributed by atoms with van der Waals surface area (Å²) in [4.78, 5) is 18.7. The molecule has 5 nitrogen and oxygen atoms in total. The summed E-state index contributed by atoms with van der Waals surface area (Å²) in [5, 5.41) is 2.98. The summed E-state index contributed by atoms with van der Waals surface area (Å²) >= 11 is 0. The quantitative estimate of drug-likeness (QED) is 0.705. The third-order valence-corrected chi connectivity index (χ3v) is 1.52. The fourth-order valence-corrected chi connectivity index (χ4v) is 0.921. The van der Waals surface area contributed by atoms with Crippen LogP contribution in [-0.2, 0) is 9.53 Å². The second kappa shape index (κ2) is 5.90. The van der Waals surface area contributed by atoms with Gasteiger partial charge in [0.1, 0.15) is 12.1 Å². The molecule has 0 fully saturated rings. The minimum Gasteiger partial charge on any atom is -0.466 e. The van der Waals surface area contributed by atoms with Crippen molar-refractivity contribution >= 4 is 11.8 Å². The highest BCUT2D eigenvalue weighted by Crippen LogP contribution is 1.97. The largest absolute Gasteiger partial charge is 0.466 e. The normalized spacial score (nSPS) is 9.50.